The maximum atomic E-state index is 10.9. The summed E-state index contributed by atoms with van der Waals surface area (Å²) >= 11 is 0. The third kappa shape index (κ3) is 2.34. The summed E-state index contributed by atoms with van der Waals surface area (Å²) in [6, 6.07) is 0. The van der Waals surface area contributed by atoms with Crippen LogP contribution in [0.25, 0.3) is 0 Å². The lowest BCUT2D eigenvalue weighted by Gasteiger charge is -2.21. The van der Waals surface area contributed by atoms with E-state index in [1.807, 2.05) is 27.7 Å². The number of carboxylic acids is 1. The molecular weight excluding hydrogens is 194 g/mol. The van der Waals surface area contributed by atoms with Crippen LogP contribution in [0.4, 0.5) is 0 Å². The fraction of sp³-hybridized carbons (Fsp3) is 0.700. The number of carbonyl (C=O) groups is 1. The molecule has 84 valence electrons. The van der Waals surface area contributed by atoms with Gasteiger partial charge in [0.25, 0.3) is 0 Å². The van der Waals surface area contributed by atoms with Gasteiger partial charge < -0.3 is 5.11 Å². The molecular formula is C10H17N3O2. The van der Waals surface area contributed by atoms with Gasteiger partial charge in [0.2, 0.25) is 0 Å². The van der Waals surface area contributed by atoms with Crippen molar-refractivity contribution in [1.82, 2.24) is 15.0 Å². The summed E-state index contributed by atoms with van der Waals surface area (Å²) in [5.74, 6) is -1.01. The second-order valence-electron chi connectivity index (χ2n) is 4.52. The van der Waals surface area contributed by atoms with Crippen molar-refractivity contribution in [3.63, 3.8) is 0 Å². The highest BCUT2D eigenvalue weighted by molar-refractivity contribution is 5.86. The van der Waals surface area contributed by atoms with E-state index in [4.69, 9.17) is 5.11 Å². The first kappa shape index (κ1) is 11.7. The molecule has 0 atom stereocenters. The third-order valence-electron chi connectivity index (χ3n) is 2.09. The van der Waals surface area contributed by atoms with Gasteiger partial charge in [-0.05, 0) is 27.2 Å². The van der Waals surface area contributed by atoms with Crippen LogP contribution in [0.5, 0.6) is 0 Å². The quantitative estimate of drug-likeness (QED) is 0.826. The van der Waals surface area contributed by atoms with E-state index < -0.39 is 5.97 Å². The SMILES string of the molecule is CCCc1c(C(=O)O)nnn1C(C)(C)C. The smallest absolute Gasteiger partial charge is 0.358 e. The molecule has 0 aliphatic heterocycles. The van der Waals surface area contributed by atoms with E-state index in [1.54, 1.807) is 4.68 Å². The van der Waals surface area contributed by atoms with Crippen LogP contribution in [-0.4, -0.2) is 26.1 Å². The summed E-state index contributed by atoms with van der Waals surface area (Å²) in [4.78, 5) is 10.9. The second kappa shape index (κ2) is 4.00. The Morgan fingerprint density at radius 2 is 2.07 bits per heavy atom. The summed E-state index contributed by atoms with van der Waals surface area (Å²) in [5, 5.41) is 16.6. The molecule has 1 aromatic rings. The Labute approximate surface area is 89.1 Å². The van der Waals surface area contributed by atoms with E-state index in [0.717, 1.165) is 6.42 Å². The van der Waals surface area contributed by atoms with Crippen molar-refractivity contribution in [2.24, 2.45) is 0 Å². The molecule has 0 amide bonds. The molecule has 0 saturated carbocycles. The Hall–Kier alpha value is -1.39. The van der Waals surface area contributed by atoms with E-state index in [2.05, 4.69) is 10.3 Å². The standard InChI is InChI=1S/C10H17N3O2/c1-5-6-7-8(9(14)15)11-12-13(7)10(2,3)4/h5-6H2,1-4H3,(H,14,15). The van der Waals surface area contributed by atoms with Crippen LogP contribution >= 0.6 is 0 Å². The van der Waals surface area contributed by atoms with E-state index in [1.165, 1.54) is 0 Å². The van der Waals surface area contributed by atoms with Crippen molar-refractivity contribution in [2.75, 3.05) is 0 Å². The Morgan fingerprint density at radius 1 is 1.47 bits per heavy atom. The van der Waals surface area contributed by atoms with Crippen molar-refractivity contribution in [3.05, 3.63) is 11.4 Å². The minimum absolute atomic E-state index is 0.0757. The highest BCUT2D eigenvalue weighted by Crippen LogP contribution is 2.18. The van der Waals surface area contributed by atoms with Gasteiger partial charge in [-0.2, -0.15) is 0 Å². The van der Waals surface area contributed by atoms with Crippen LogP contribution in [-0.2, 0) is 12.0 Å². The highest BCUT2D eigenvalue weighted by atomic mass is 16.4. The third-order valence-corrected chi connectivity index (χ3v) is 2.09. The molecule has 15 heavy (non-hydrogen) atoms. The molecule has 0 saturated heterocycles. The van der Waals surface area contributed by atoms with Gasteiger partial charge in [0, 0.05) is 0 Å². The summed E-state index contributed by atoms with van der Waals surface area (Å²) < 4.78 is 1.69. The van der Waals surface area contributed by atoms with Crippen molar-refractivity contribution < 1.29 is 9.90 Å². The van der Waals surface area contributed by atoms with Crippen LogP contribution < -0.4 is 0 Å². The molecule has 5 nitrogen and oxygen atoms in total. The second-order valence-corrected chi connectivity index (χ2v) is 4.52. The van der Waals surface area contributed by atoms with Crippen LogP contribution in [0.2, 0.25) is 0 Å². The van der Waals surface area contributed by atoms with E-state index >= 15 is 0 Å². The molecule has 5 heteroatoms. The first-order chi connectivity index (χ1) is 6.88. The number of rotatable bonds is 3. The average molecular weight is 211 g/mol. The van der Waals surface area contributed by atoms with E-state index in [0.29, 0.717) is 12.1 Å². The predicted octanol–water partition coefficient (Wildman–Crippen LogP) is 1.68. The molecule has 0 fully saturated rings. The van der Waals surface area contributed by atoms with E-state index in [-0.39, 0.29) is 11.2 Å². The minimum Gasteiger partial charge on any atom is -0.476 e. The zero-order valence-electron chi connectivity index (χ0n) is 9.61. The topological polar surface area (TPSA) is 68.0 Å². The lowest BCUT2D eigenvalue weighted by Crippen LogP contribution is -2.26. The largest absolute Gasteiger partial charge is 0.476 e. The Bertz CT molecular complexity index is 363. The Morgan fingerprint density at radius 3 is 2.47 bits per heavy atom. The van der Waals surface area contributed by atoms with Crippen LogP contribution in [0.15, 0.2) is 0 Å². The van der Waals surface area contributed by atoms with Gasteiger partial charge in [0.1, 0.15) is 0 Å². The van der Waals surface area contributed by atoms with E-state index in [9.17, 15) is 4.79 Å². The number of carboxylic acid groups (broad SMARTS) is 1. The summed E-state index contributed by atoms with van der Waals surface area (Å²) in [6.07, 6.45) is 1.57. The highest BCUT2D eigenvalue weighted by Gasteiger charge is 2.24. The normalized spacial score (nSPS) is 11.7. The molecule has 1 heterocycles. The molecule has 1 N–H and O–H groups in total. The first-order valence-electron chi connectivity index (χ1n) is 5.06. The molecule has 0 bridgehead atoms. The molecule has 0 aliphatic carbocycles. The molecule has 1 rings (SSSR count). The minimum atomic E-state index is -1.01. The van der Waals surface area contributed by atoms with Gasteiger partial charge in [-0.3, -0.25) is 0 Å². The zero-order chi connectivity index (χ0) is 11.6. The molecule has 0 aromatic carbocycles. The monoisotopic (exact) mass is 211 g/mol. The maximum absolute atomic E-state index is 10.9. The van der Waals surface area contributed by atoms with Gasteiger partial charge >= 0.3 is 5.97 Å². The van der Waals surface area contributed by atoms with Gasteiger partial charge in [0.15, 0.2) is 5.69 Å². The molecule has 0 spiro atoms. The predicted molar refractivity (Wildman–Crippen MR) is 56.0 cm³/mol. The Kier molecular flexibility index (Phi) is 3.12. The number of aromatic nitrogens is 3. The molecule has 0 radical (unpaired) electrons. The van der Waals surface area contributed by atoms with Crippen LogP contribution in [0.3, 0.4) is 0 Å². The maximum Gasteiger partial charge on any atom is 0.358 e. The summed E-state index contributed by atoms with van der Waals surface area (Å²) in [6.45, 7) is 7.94. The molecule has 0 aliphatic rings. The number of aromatic carboxylic acids is 1. The zero-order valence-corrected chi connectivity index (χ0v) is 9.61. The Balaban J connectivity index is 3.24. The van der Waals surface area contributed by atoms with Crippen molar-refractivity contribution in [1.29, 1.82) is 0 Å². The van der Waals surface area contributed by atoms with Crippen molar-refractivity contribution in [3.8, 4) is 0 Å². The summed E-state index contributed by atoms with van der Waals surface area (Å²) in [7, 11) is 0. The molecule has 1 aromatic heterocycles. The fourth-order valence-corrected chi connectivity index (χ4v) is 1.47. The van der Waals surface area contributed by atoms with Crippen molar-refractivity contribution >= 4 is 5.97 Å². The first-order valence-corrected chi connectivity index (χ1v) is 5.06. The summed E-state index contributed by atoms with van der Waals surface area (Å²) in [5.41, 5.74) is 0.551. The fourth-order valence-electron chi connectivity index (χ4n) is 1.47. The number of hydrogen-bond donors (Lipinski definition) is 1. The van der Waals surface area contributed by atoms with Gasteiger partial charge in [-0.15, -0.1) is 5.10 Å². The average Bonchev–Trinajstić information content (AvgIpc) is 2.47. The number of hydrogen-bond acceptors (Lipinski definition) is 3. The lowest BCUT2D eigenvalue weighted by atomic mass is 10.1. The van der Waals surface area contributed by atoms with Crippen LogP contribution in [0, 0.1) is 0 Å². The van der Waals surface area contributed by atoms with Gasteiger partial charge in [0.05, 0.1) is 11.2 Å². The van der Waals surface area contributed by atoms with Crippen molar-refractivity contribution in [2.45, 2.75) is 46.1 Å². The lowest BCUT2D eigenvalue weighted by molar-refractivity contribution is 0.0689. The van der Waals surface area contributed by atoms with Gasteiger partial charge in [-0.1, -0.05) is 18.6 Å². The van der Waals surface area contributed by atoms with Gasteiger partial charge in [-0.25, -0.2) is 9.48 Å². The number of nitrogens with zero attached hydrogens (tertiary/aromatic N) is 3. The van der Waals surface area contributed by atoms with Crippen LogP contribution in [0.1, 0.15) is 50.3 Å². The molecule has 0 unspecified atom stereocenters.